The summed E-state index contributed by atoms with van der Waals surface area (Å²) in [5.74, 6) is -2.15. The lowest BCUT2D eigenvalue weighted by atomic mass is 10.1. The number of fused-ring (bicyclic) bond motifs is 3. The van der Waals surface area contributed by atoms with E-state index in [-0.39, 0.29) is 17.9 Å². The molecule has 1 amide bonds. The summed E-state index contributed by atoms with van der Waals surface area (Å²) < 4.78 is 12.6. The van der Waals surface area contributed by atoms with E-state index < -0.39 is 17.7 Å². The first-order chi connectivity index (χ1) is 14.0. The average Bonchev–Trinajstić information content (AvgIpc) is 3.30. The molecule has 0 unspecified atom stereocenters. The Morgan fingerprint density at radius 2 is 1.83 bits per heavy atom. The highest BCUT2D eigenvalue weighted by Gasteiger charge is 2.27. The highest BCUT2D eigenvalue weighted by atomic mass is 32.1. The third kappa shape index (κ3) is 3.13. The molecule has 0 aliphatic heterocycles. The molecule has 0 aliphatic rings. The molecule has 1 aromatic carbocycles. The number of esters is 1. The number of rotatable bonds is 6. The predicted molar refractivity (Wildman–Crippen MR) is 109 cm³/mol. The summed E-state index contributed by atoms with van der Waals surface area (Å²) in [6, 6.07) is 13.1. The van der Waals surface area contributed by atoms with E-state index in [0.29, 0.717) is 10.2 Å². The maximum Gasteiger partial charge on any atom is 0.343 e. The molecular formula is C21H16N2O5S. The Kier molecular flexibility index (Phi) is 4.77. The van der Waals surface area contributed by atoms with Gasteiger partial charge in [-0.25, -0.2) is 4.79 Å². The van der Waals surface area contributed by atoms with Crippen LogP contribution in [0.25, 0.3) is 26.9 Å². The molecule has 3 heterocycles. The molecule has 0 spiro atoms. The molecular weight excluding hydrogens is 392 g/mol. The molecule has 0 radical (unpaired) electrons. The first-order valence-electron chi connectivity index (χ1n) is 8.66. The normalized spacial score (nSPS) is 10.9. The van der Waals surface area contributed by atoms with Crippen LogP contribution < -0.4 is 10.5 Å². The molecule has 8 heteroatoms. The van der Waals surface area contributed by atoms with Crippen LogP contribution in [0, 0.1) is 0 Å². The van der Waals surface area contributed by atoms with Crippen molar-refractivity contribution in [3.05, 3.63) is 59.6 Å². The van der Waals surface area contributed by atoms with E-state index in [9.17, 15) is 14.4 Å². The first kappa shape index (κ1) is 18.7. The van der Waals surface area contributed by atoms with Crippen LogP contribution in [0.5, 0.6) is 5.75 Å². The molecule has 146 valence electrons. The van der Waals surface area contributed by atoms with Gasteiger partial charge in [0.05, 0.1) is 22.9 Å². The predicted octanol–water partition coefficient (Wildman–Crippen LogP) is 3.04. The van der Waals surface area contributed by atoms with Gasteiger partial charge in [-0.2, -0.15) is 0 Å². The zero-order valence-corrected chi connectivity index (χ0v) is 16.2. The standard InChI is InChI=1S/C21H16N2O5S/c1-27-15(24)10-28-14-8-5-9-23-17-13(12-6-3-2-4-7-12)11-29-20(17)16(18(14)23)19(25)21(22)26/h2-9,11H,10H2,1H3,(H2,22,26). The summed E-state index contributed by atoms with van der Waals surface area (Å²) in [6.07, 6.45) is 1.78. The SMILES string of the molecule is COC(=O)COc1cccn2c1c(C(=O)C(N)=O)c1scc(-c3ccccc3)c12. The van der Waals surface area contributed by atoms with Gasteiger partial charge < -0.3 is 19.6 Å². The van der Waals surface area contributed by atoms with Crippen LogP contribution in [0.15, 0.2) is 54.0 Å². The van der Waals surface area contributed by atoms with Gasteiger partial charge in [-0.1, -0.05) is 30.3 Å². The van der Waals surface area contributed by atoms with Crippen LogP contribution in [0.1, 0.15) is 10.4 Å². The van der Waals surface area contributed by atoms with Crippen molar-refractivity contribution in [2.24, 2.45) is 5.73 Å². The molecule has 3 aromatic heterocycles. The summed E-state index contributed by atoms with van der Waals surface area (Å²) in [6.45, 7) is -0.329. The zero-order chi connectivity index (χ0) is 20.5. The molecule has 0 saturated carbocycles. The van der Waals surface area contributed by atoms with E-state index in [4.69, 9.17) is 10.5 Å². The van der Waals surface area contributed by atoms with Crippen LogP contribution in [0.3, 0.4) is 0 Å². The Morgan fingerprint density at radius 3 is 2.52 bits per heavy atom. The zero-order valence-electron chi connectivity index (χ0n) is 15.4. The molecule has 0 fully saturated rings. The second-order valence-electron chi connectivity index (χ2n) is 6.22. The van der Waals surface area contributed by atoms with Crippen LogP contribution >= 0.6 is 11.3 Å². The number of pyridine rings is 1. The summed E-state index contributed by atoms with van der Waals surface area (Å²) >= 11 is 1.35. The number of nitrogens with zero attached hydrogens (tertiary/aromatic N) is 1. The molecule has 7 nitrogen and oxygen atoms in total. The summed E-state index contributed by atoms with van der Waals surface area (Å²) in [5.41, 5.74) is 8.52. The van der Waals surface area contributed by atoms with Crippen molar-refractivity contribution in [2.75, 3.05) is 13.7 Å². The van der Waals surface area contributed by atoms with Crippen molar-refractivity contribution < 1.29 is 23.9 Å². The maximum atomic E-state index is 12.7. The van der Waals surface area contributed by atoms with Crippen molar-refractivity contribution in [1.82, 2.24) is 4.40 Å². The second-order valence-corrected chi connectivity index (χ2v) is 7.10. The van der Waals surface area contributed by atoms with Crippen molar-refractivity contribution in [3.8, 4) is 16.9 Å². The molecule has 29 heavy (non-hydrogen) atoms. The quantitative estimate of drug-likeness (QED) is 0.300. The number of amides is 1. The Balaban J connectivity index is 2.02. The smallest absolute Gasteiger partial charge is 0.343 e. The van der Waals surface area contributed by atoms with Gasteiger partial charge in [0.2, 0.25) is 0 Å². The Labute approximate surface area is 169 Å². The summed E-state index contributed by atoms with van der Waals surface area (Å²) in [4.78, 5) is 36.0. The van der Waals surface area contributed by atoms with E-state index in [1.807, 2.05) is 35.7 Å². The number of ketones is 1. The number of ether oxygens (including phenoxy) is 2. The Bertz CT molecular complexity index is 1260. The minimum absolute atomic E-state index is 0.167. The fraction of sp³-hybridized carbons (Fsp3) is 0.0952. The molecule has 0 aliphatic carbocycles. The van der Waals surface area contributed by atoms with E-state index in [1.54, 1.807) is 22.7 Å². The third-order valence-electron chi connectivity index (χ3n) is 4.54. The number of hydrogen-bond acceptors (Lipinski definition) is 6. The Hall–Kier alpha value is -3.65. The van der Waals surface area contributed by atoms with E-state index in [2.05, 4.69) is 4.74 Å². The first-order valence-corrected chi connectivity index (χ1v) is 9.54. The van der Waals surface area contributed by atoms with Gasteiger partial charge in [0.1, 0.15) is 11.3 Å². The van der Waals surface area contributed by atoms with Gasteiger partial charge in [-0.05, 0) is 17.7 Å². The van der Waals surface area contributed by atoms with Crippen molar-refractivity contribution >= 4 is 44.7 Å². The topological polar surface area (TPSA) is 100 Å². The van der Waals surface area contributed by atoms with Crippen molar-refractivity contribution in [2.45, 2.75) is 0 Å². The van der Waals surface area contributed by atoms with E-state index in [0.717, 1.165) is 16.6 Å². The maximum absolute atomic E-state index is 12.7. The number of thiophene rings is 1. The number of carbonyl (C=O) groups excluding carboxylic acids is 3. The van der Waals surface area contributed by atoms with Crippen molar-refractivity contribution in [3.63, 3.8) is 0 Å². The number of primary amides is 1. The number of nitrogens with two attached hydrogens (primary N) is 1. The van der Waals surface area contributed by atoms with Gasteiger partial charge in [-0.15, -0.1) is 11.3 Å². The molecule has 0 atom stereocenters. The Morgan fingerprint density at radius 1 is 1.07 bits per heavy atom. The minimum atomic E-state index is -1.06. The van der Waals surface area contributed by atoms with Gasteiger partial charge in [0, 0.05) is 17.1 Å². The van der Waals surface area contributed by atoms with Crippen LogP contribution in [-0.2, 0) is 14.3 Å². The number of hydrogen-bond donors (Lipinski definition) is 1. The highest BCUT2D eigenvalue weighted by molar-refractivity contribution is 7.18. The number of methoxy groups -OCH3 is 1. The lowest BCUT2D eigenvalue weighted by molar-refractivity contribution is -0.142. The number of benzene rings is 1. The monoisotopic (exact) mass is 408 g/mol. The fourth-order valence-corrected chi connectivity index (χ4v) is 4.37. The number of Topliss-reactive ketones (excluding diaryl/α,β-unsaturated/α-hetero) is 1. The number of aromatic nitrogens is 1. The van der Waals surface area contributed by atoms with Crippen LogP contribution in [-0.4, -0.2) is 35.8 Å². The second kappa shape index (κ2) is 7.40. The number of carbonyl (C=O) groups is 3. The summed E-state index contributed by atoms with van der Waals surface area (Å²) in [5, 5.41) is 1.94. The van der Waals surface area contributed by atoms with Gasteiger partial charge in [-0.3, -0.25) is 9.59 Å². The summed E-state index contributed by atoms with van der Waals surface area (Å²) in [7, 11) is 1.26. The van der Waals surface area contributed by atoms with Crippen molar-refractivity contribution in [1.29, 1.82) is 0 Å². The van der Waals surface area contributed by atoms with Gasteiger partial charge in [0.25, 0.3) is 11.7 Å². The third-order valence-corrected chi connectivity index (χ3v) is 5.52. The molecule has 2 N–H and O–H groups in total. The van der Waals surface area contributed by atoms with E-state index in [1.165, 1.54) is 18.4 Å². The minimum Gasteiger partial charge on any atom is -0.480 e. The molecule has 0 saturated heterocycles. The molecule has 0 bridgehead atoms. The van der Waals surface area contributed by atoms with Gasteiger partial charge >= 0.3 is 5.97 Å². The van der Waals surface area contributed by atoms with Crippen LogP contribution in [0.2, 0.25) is 0 Å². The lowest BCUT2D eigenvalue weighted by Gasteiger charge is -2.09. The average molecular weight is 408 g/mol. The lowest BCUT2D eigenvalue weighted by Crippen LogP contribution is -2.23. The van der Waals surface area contributed by atoms with Gasteiger partial charge in [0.15, 0.2) is 6.61 Å². The molecule has 4 aromatic rings. The largest absolute Gasteiger partial charge is 0.480 e. The van der Waals surface area contributed by atoms with E-state index >= 15 is 0 Å². The fourth-order valence-electron chi connectivity index (χ4n) is 3.26. The molecule has 4 rings (SSSR count). The highest BCUT2D eigenvalue weighted by Crippen LogP contribution is 2.42. The van der Waals surface area contributed by atoms with Crippen LogP contribution in [0.4, 0.5) is 0 Å².